The monoisotopic (exact) mass is 345 g/mol. The number of halogens is 1. The SMILES string of the molecule is O=C(CNS(=O)(=O)NC1CCCC1)NCc1ccc(Cl)cc1. The Balaban J connectivity index is 1.71. The maximum Gasteiger partial charge on any atom is 0.277 e. The number of hydrogen-bond donors (Lipinski definition) is 3. The summed E-state index contributed by atoms with van der Waals surface area (Å²) >= 11 is 5.77. The van der Waals surface area contributed by atoms with Gasteiger partial charge in [-0.1, -0.05) is 36.6 Å². The maximum absolute atomic E-state index is 11.8. The van der Waals surface area contributed by atoms with Crippen molar-refractivity contribution in [1.82, 2.24) is 14.8 Å². The fourth-order valence-electron chi connectivity index (χ4n) is 2.33. The van der Waals surface area contributed by atoms with E-state index in [0.717, 1.165) is 31.2 Å². The highest BCUT2D eigenvalue weighted by Gasteiger charge is 2.21. The fraction of sp³-hybridized carbons (Fsp3) is 0.500. The lowest BCUT2D eigenvalue weighted by Gasteiger charge is -2.13. The lowest BCUT2D eigenvalue weighted by molar-refractivity contribution is -0.120. The zero-order valence-electron chi connectivity index (χ0n) is 12.1. The van der Waals surface area contributed by atoms with Crippen LogP contribution in [0.15, 0.2) is 24.3 Å². The zero-order valence-corrected chi connectivity index (χ0v) is 13.7. The first kappa shape index (κ1) is 17.2. The predicted octanol–water partition coefficient (Wildman–Crippen LogP) is 1.32. The molecule has 22 heavy (non-hydrogen) atoms. The van der Waals surface area contributed by atoms with Gasteiger partial charge in [-0.25, -0.2) is 0 Å². The van der Waals surface area contributed by atoms with Crippen molar-refractivity contribution in [3.8, 4) is 0 Å². The Kier molecular flexibility index (Phi) is 6.19. The van der Waals surface area contributed by atoms with Gasteiger partial charge in [-0.2, -0.15) is 17.9 Å². The second kappa shape index (κ2) is 7.92. The third-order valence-electron chi connectivity index (χ3n) is 3.50. The molecule has 0 saturated heterocycles. The second-order valence-electron chi connectivity index (χ2n) is 5.33. The van der Waals surface area contributed by atoms with E-state index in [1.54, 1.807) is 24.3 Å². The van der Waals surface area contributed by atoms with Gasteiger partial charge in [0.05, 0.1) is 6.54 Å². The Bertz CT molecular complexity index is 598. The summed E-state index contributed by atoms with van der Waals surface area (Å²) in [5, 5.41) is 3.27. The van der Waals surface area contributed by atoms with Crippen LogP contribution in [0.25, 0.3) is 0 Å². The van der Waals surface area contributed by atoms with E-state index in [4.69, 9.17) is 11.6 Å². The van der Waals surface area contributed by atoms with Gasteiger partial charge < -0.3 is 5.32 Å². The van der Waals surface area contributed by atoms with E-state index in [-0.39, 0.29) is 18.5 Å². The standard InChI is InChI=1S/C14H20ClN3O3S/c15-12-7-5-11(6-8-12)9-16-14(19)10-17-22(20,21)18-13-3-1-2-4-13/h5-8,13,17-18H,1-4,9-10H2,(H,16,19). The molecule has 1 aliphatic rings. The van der Waals surface area contributed by atoms with Crippen LogP contribution in [0.4, 0.5) is 0 Å². The van der Waals surface area contributed by atoms with Crippen LogP contribution in [0.1, 0.15) is 31.2 Å². The first-order chi connectivity index (χ1) is 10.4. The van der Waals surface area contributed by atoms with Gasteiger partial charge in [0, 0.05) is 17.6 Å². The molecule has 0 unspecified atom stereocenters. The average molecular weight is 346 g/mol. The van der Waals surface area contributed by atoms with Gasteiger partial charge in [0.1, 0.15) is 0 Å². The van der Waals surface area contributed by atoms with Gasteiger partial charge in [-0.05, 0) is 30.5 Å². The van der Waals surface area contributed by atoms with Crippen molar-refractivity contribution in [2.75, 3.05) is 6.54 Å². The van der Waals surface area contributed by atoms with E-state index in [1.165, 1.54) is 0 Å². The fourth-order valence-corrected chi connectivity index (χ4v) is 3.54. The second-order valence-corrected chi connectivity index (χ2v) is 7.29. The normalized spacial score (nSPS) is 15.9. The largest absolute Gasteiger partial charge is 0.351 e. The van der Waals surface area contributed by atoms with Crippen LogP contribution in [-0.2, 0) is 21.5 Å². The first-order valence-electron chi connectivity index (χ1n) is 7.23. The molecule has 0 bridgehead atoms. The molecule has 6 nitrogen and oxygen atoms in total. The number of hydrogen-bond acceptors (Lipinski definition) is 3. The van der Waals surface area contributed by atoms with Crippen molar-refractivity contribution >= 4 is 27.7 Å². The van der Waals surface area contributed by atoms with Crippen molar-refractivity contribution in [3.05, 3.63) is 34.9 Å². The summed E-state index contributed by atoms with van der Waals surface area (Å²) < 4.78 is 28.4. The van der Waals surface area contributed by atoms with Gasteiger partial charge in [0.25, 0.3) is 10.2 Å². The van der Waals surface area contributed by atoms with E-state index in [2.05, 4.69) is 14.8 Å². The number of carbonyl (C=O) groups is 1. The number of benzene rings is 1. The van der Waals surface area contributed by atoms with Crippen LogP contribution < -0.4 is 14.8 Å². The molecule has 0 heterocycles. The van der Waals surface area contributed by atoms with Crippen molar-refractivity contribution in [2.24, 2.45) is 0 Å². The van der Waals surface area contributed by atoms with E-state index < -0.39 is 10.2 Å². The summed E-state index contributed by atoms with van der Waals surface area (Å²) in [6, 6.07) is 7.05. The Morgan fingerprint density at radius 2 is 1.82 bits per heavy atom. The maximum atomic E-state index is 11.8. The van der Waals surface area contributed by atoms with Crippen molar-refractivity contribution in [2.45, 2.75) is 38.3 Å². The topological polar surface area (TPSA) is 87.3 Å². The smallest absolute Gasteiger partial charge is 0.277 e. The molecule has 0 spiro atoms. The summed E-state index contributed by atoms with van der Waals surface area (Å²) in [6.45, 7) is 0.0451. The van der Waals surface area contributed by atoms with Gasteiger partial charge in [0.2, 0.25) is 5.91 Å². The molecule has 122 valence electrons. The van der Waals surface area contributed by atoms with E-state index in [0.29, 0.717) is 11.6 Å². The summed E-state index contributed by atoms with van der Waals surface area (Å²) in [4.78, 5) is 11.7. The molecule has 0 radical (unpaired) electrons. The molecule has 0 atom stereocenters. The van der Waals surface area contributed by atoms with E-state index >= 15 is 0 Å². The molecule has 0 aliphatic heterocycles. The van der Waals surface area contributed by atoms with Gasteiger partial charge >= 0.3 is 0 Å². The van der Waals surface area contributed by atoms with Crippen LogP contribution >= 0.6 is 11.6 Å². The molecule has 1 amide bonds. The summed E-state index contributed by atoms with van der Waals surface area (Å²) in [5.41, 5.74) is 0.893. The first-order valence-corrected chi connectivity index (χ1v) is 9.09. The molecule has 1 fully saturated rings. The molecule has 2 rings (SSSR count). The molecular weight excluding hydrogens is 326 g/mol. The molecule has 1 saturated carbocycles. The number of rotatable bonds is 7. The third-order valence-corrected chi connectivity index (χ3v) is 4.92. The molecular formula is C14H20ClN3O3S. The van der Waals surface area contributed by atoms with Crippen LogP contribution in [0.3, 0.4) is 0 Å². The lowest BCUT2D eigenvalue weighted by Crippen LogP contribution is -2.45. The highest BCUT2D eigenvalue weighted by molar-refractivity contribution is 7.87. The average Bonchev–Trinajstić information content (AvgIpc) is 2.97. The molecule has 1 aromatic rings. The van der Waals surface area contributed by atoms with Crippen LogP contribution in [0, 0.1) is 0 Å². The molecule has 3 N–H and O–H groups in total. The predicted molar refractivity (Wildman–Crippen MR) is 85.6 cm³/mol. The van der Waals surface area contributed by atoms with Crippen LogP contribution in [0.2, 0.25) is 5.02 Å². The Morgan fingerprint density at radius 1 is 1.18 bits per heavy atom. The molecule has 1 aliphatic carbocycles. The summed E-state index contributed by atoms with van der Waals surface area (Å²) in [6.07, 6.45) is 3.77. The molecule has 8 heteroatoms. The van der Waals surface area contributed by atoms with Crippen LogP contribution in [-0.4, -0.2) is 26.9 Å². The third kappa shape index (κ3) is 5.92. The van der Waals surface area contributed by atoms with Crippen molar-refractivity contribution < 1.29 is 13.2 Å². The Hall–Kier alpha value is -1.15. The minimum atomic E-state index is -3.63. The summed E-state index contributed by atoms with van der Waals surface area (Å²) in [5.74, 6) is -0.383. The van der Waals surface area contributed by atoms with Crippen molar-refractivity contribution in [3.63, 3.8) is 0 Å². The molecule has 1 aromatic carbocycles. The lowest BCUT2D eigenvalue weighted by atomic mass is 10.2. The summed E-state index contributed by atoms with van der Waals surface area (Å²) in [7, 11) is -3.63. The highest BCUT2D eigenvalue weighted by atomic mass is 35.5. The van der Waals surface area contributed by atoms with Crippen LogP contribution in [0.5, 0.6) is 0 Å². The van der Waals surface area contributed by atoms with E-state index in [1.807, 2.05) is 0 Å². The highest BCUT2D eigenvalue weighted by Crippen LogP contribution is 2.17. The van der Waals surface area contributed by atoms with Gasteiger partial charge in [-0.3, -0.25) is 4.79 Å². The number of amides is 1. The minimum absolute atomic E-state index is 0.0189. The Morgan fingerprint density at radius 3 is 2.45 bits per heavy atom. The molecule has 0 aromatic heterocycles. The van der Waals surface area contributed by atoms with Gasteiger partial charge in [0.15, 0.2) is 0 Å². The Labute approximate surface area is 135 Å². The van der Waals surface area contributed by atoms with E-state index in [9.17, 15) is 13.2 Å². The number of carbonyl (C=O) groups excluding carboxylic acids is 1. The van der Waals surface area contributed by atoms with Crippen molar-refractivity contribution in [1.29, 1.82) is 0 Å². The van der Waals surface area contributed by atoms with Gasteiger partial charge in [-0.15, -0.1) is 0 Å². The zero-order chi connectivity index (χ0) is 16.0. The quantitative estimate of drug-likeness (QED) is 0.696. The minimum Gasteiger partial charge on any atom is -0.351 e. The number of nitrogens with one attached hydrogen (secondary N) is 3.